The van der Waals surface area contributed by atoms with Crippen LogP contribution in [0, 0.1) is 5.92 Å². The van der Waals surface area contributed by atoms with E-state index in [-0.39, 0.29) is 0 Å². The number of ether oxygens (including phenoxy) is 1. The van der Waals surface area contributed by atoms with E-state index >= 15 is 0 Å². The highest BCUT2D eigenvalue weighted by atomic mass is 35.5. The lowest BCUT2D eigenvalue weighted by Crippen LogP contribution is -2.32. The van der Waals surface area contributed by atoms with Gasteiger partial charge in [-0.1, -0.05) is 23.7 Å². The zero-order chi connectivity index (χ0) is 13.8. The van der Waals surface area contributed by atoms with Gasteiger partial charge in [-0.15, -0.1) is 0 Å². The zero-order valence-corrected chi connectivity index (χ0v) is 12.0. The monoisotopic (exact) mass is 291 g/mol. The summed E-state index contributed by atoms with van der Waals surface area (Å²) in [5.41, 5.74) is 0. The Morgan fingerprint density at radius 2 is 2.30 bits per heavy atom. The van der Waals surface area contributed by atoms with E-state index in [2.05, 4.69) is 10.4 Å². The van der Waals surface area contributed by atoms with Crippen molar-refractivity contribution in [3.05, 3.63) is 41.7 Å². The van der Waals surface area contributed by atoms with Crippen LogP contribution < -0.4 is 10.1 Å². The molecule has 5 heteroatoms. The molecule has 1 fully saturated rings. The second kappa shape index (κ2) is 6.29. The van der Waals surface area contributed by atoms with Crippen LogP contribution in [0.3, 0.4) is 0 Å². The highest BCUT2D eigenvalue weighted by molar-refractivity contribution is 6.32. The Labute approximate surface area is 123 Å². The zero-order valence-electron chi connectivity index (χ0n) is 11.3. The van der Waals surface area contributed by atoms with Crippen molar-refractivity contribution in [3.63, 3.8) is 0 Å². The first kappa shape index (κ1) is 13.5. The summed E-state index contributed by atoms with van der Waals surface area (Å²) in [6.45, 7) is 3.13. The van der Waals surface area contributed by atoms with E-state index in [1.807, 2.05) is 35.1 Å². The summed E-state index contributed by atoms with van der Waals surface area (Å²) in [7, 11) is 0. The minimum Gasteiger partial charge on any atom is -0.452 e. The predicted octanol–water partition coefficient (Wildman–Crippen LogP) is 3.33. The van der Waals surface area contributed by atoms with Gasteiger partial charge in [-0.3, -0.25) is 4.68 Å². The van der Waals surface area contributed by atoms with Gasteiger partial charge < -0.3 is 10.1 Å². The molecule has 2 aromatic rings. The van der Waals surface area contributed by atoms with E-state index in [9.17, 15) is 0 Å². The molecular formula is C15H18ClN3O. The average Bonchev–Trinajstić information content (AvgIpc) is 2.90. The predicted molar refractivity (Wildman–Crippen MR) is 79.3 cm³/mol. The summed E-state index contributed by atoms with van der Waals surface area (Å²) in [5, 5.41) is 8.38. The van der Waals surface area contributed by atoms with Crippen molar-refractivity contribution in [2.75, 3.05) is 13.1 Å². The number of hydrogen-bond donors (Lipinski definition) is 1. The molecule has 2 heterocycles. The SMILES string of the molecule is Clc1ccccc1Oc1cnn(CC2CCCNC2)c1. The summed E-state index contributed by atoms with van der Waals surface area (Å²) in [4.78, 5) is 0. The standard InChI is InChI=1S/C15H18ClN3O/c16-14-5-1-2-6-15(14)20-13-9-18-19(11-13)10-12-4-3-7-17-8-12/h1-2,5-6,9,11-12,17H,3-4,7-8,10H2. The van der Waals surface area contributed by atoms with Crippen LogP contribution in [0.1, 0.15) is 12.8 Å². The number of hydrogen-bond acceptors (Lipinski definition) is 3. The first-order valence-corrected chi connectivity index (χ1v) is 7.34. The molecule has 0 amide bonds. The van der Waals surface area contributed by atoms with Crippen LogP contribution in [0.2, 0.25) is 5.02 Å². The fourth-order valence-corrected chi connectivity index (χ4v) is 2.67. The van der Waals surface area contributed by atoms with Gasteiger partial charge in [0.25, 0.3) is 0 Å². The summed E-state index contributed by atoms with van der Waals surface area (Å²) in [5.74, 6) is 2.03. The summed E-state index contributed by atoms with van der Waals surface area (Å²) in [6, 6.07) is 7.45. The van der Waals surface area contributed by atoms with Crippen molar-refractivity contribution in [2.45, 2.75) is 19.4 Å². The molecule has 1 N–H and O–H groups in total. The molecule has 1 saturated heterocycles. The Bertz CT molecular complexity index is 564. The van der Waals surface area contributed by atoms with Crippen LogP contribution in [0.15, 0.2) is 36.7 Å². The van der Waals surface area contributed by atoms with Gasteiger partial charge in [-0.2, -0.15) is 5.10 Å². The summed E-state index contributed by atoms with van der Waals surface area (Å²) < 4.78 is 7.70. The van der Waals surface area contributed by atoms with Crippen molar-refractivity contribution in [3.8, 4) is 11.5 Å². The van der Waals surface area contributed by atoms with Gasteiger partial charge in [0.05, 0.1) is 17.4 Å². The molecule has 1 aliphatic rings. The van der Waals surface area contributed by atoms with Gasteiger partial charge >= 0.3 is 0 Å². The van der Waals surface area contributed by atoms with Gasteiger partial charge in [0.1, 0.15) is 5.75 Å². The highest BCUT2D eigenvalue weighted by Gasteiger charge is 2.14. The number of halogens is 1. The molecule has 0 spiro atoms. The maximum absolute atomic E-state index is 6.08. The molecule has 1 atom stereocenters. The molecule has 1 unspecified atom stereocenters. The molecule has 0 saturated carbocycles. The lowest BCUT2D eigenvalue weighted by atomic mass is 10.00. The number of rotatable bonds is 4. The van der Waals surface area contributed by atoms with Crippen LogP contribution in [0.5, 0.6) is 11.5 Å². The van der Waals surface area contributed by atoms with Crippen LogP contribution in [-0.2, 0) is 6.54 Å². The minimum absolute atomic E-state index is 0.608. The Hall–Kier alpha value is -1.52. The van der Waals surface area contributed by atoms with Crippen molar-refractivity contribution < 1.29 is 4.74 Å². The number of para-hydroxylation sites is 1. The average molecular weight is 292 g/mol. The molecule has 1 aliphatic heterocycles. The van der Waals surface area contributed by atoms with Crippen molar-refractivity contribution in [1.82, 2.24) is 15.1 Å². The van der Waals surface area contributed by atoms with Gasteiger partial charge in [-0.05, 0) is 44.0 Å². The lowest BCUT2D eigenvalue weighted by molar-refractivity contribution is 0.325. The largest absolute Gasteiger partial charge is 0.452 e. The number of aromatic nitrogens is 2. The maximum atomic E-state index is 6.08. The van der Waals surface area contributed by atoms with E-state index in [0.717, 1.165) is 25.4 Å². The van der Waals surface area contributed by atoms with Crippen molar-refractivity contribution in [1.29, 1.82) is 0 Å². The van der Waals surface area contributed by atoms with Gasteiger partial charge in [0.2, 0.25) is 0 Å². The minimum atomic E-state index is 0.608. The van der Waals surface area contributed by atoms with Gasteiger partial charge in [0, 0.05) is 6.54 Å². The van der Waals surface area contributed by atoms with E-state index in [0.29, 0.717) is 16.7 Å². The number of piperidine rings is 1. The molecule has 20 heavy (non-hydrogen) atoms. The molecule has 0 aliphatic carbocycles. The van der Waals surface area contributed by atoms with E-state index in [1.54, 1.807) is 6.20 Å². The third-order valence-corrected chi connectivity index (χ3v) is 3.83. The fraction of sp³-hybridized carbons (Fsp3) is 0.400. The molecule has 0 radical (unpaired) electrons. The number of benzene rings is 1. The summed E-state index contributed by atoms with van der Waals surface area (Å²) >= 11 is 6.08. The van der Waals surface area contributed by atoms with Crippen molar-refractivity contribution in [2.24, 2.45) is 5.92 Å². The third-order valence-electron chi connectivity index (χ3n) is 3.52. The van der Waals surface area contributed by atoms with E-state index in [1.165, 1.54) is 12.8 Å². The molecule has 1 aromatic carbocycles. The van der Waals surface area contributed by atoms with Crippen molar-refractivity contribution >= 4 is 11.6 Å². The molecular weight excluding hydrogens is 274 g/mol. The topological polar surface area (TPSA) is 39.1 Å². The van der Waals surface area contributed by atoms with E-state index < -0.39 is 0 Å². The van der Waals surface area contributed by atoms with Crippen LogP contribution in [0.4, 0.5) is 0 Å². The quantitative estimate of drug-likeness (QED) is 0.939. The Kier molecular flexibility index (Phi) is 4.23. The Morgan fingerprint density at radius 3 is 3.10 bits per heavy atom. The second-order valence-corrected chi connectivity index (χ2v) is 5.55. The van der Waals surface area contributed by atoms with Crippen LogP contribution >= 0.6 is 11.6 Å². The van der Waals surface area contributed by atoms with Gasteiger partial charge in [0.15, 0.2) is 5.75 Å². The smallest absolute Gasteiger partial charge is 0.165 e. The van der Waals surface area contributed by atoms with Crippen LogP contribution in [0.25, 0.3) is 0 Å². The molecule has 1 aromatic heterocycles. The molecule has 106 valence electrons. The third kappa shape index (κ3) is 3.32. The highest BCUT2D eigenvalue weighted by Crippen LogP contribution is 2.28. The normalized spacial score (nSPS) is 18.9. The Morgan fingerprint density at radius 1 is 1.40 bits per heavy atom. The summed E-state index contributed by atoms with van der Waals surface area (Å²) in [6.07, 6.45) is 6.17. The first-order valence-electron chi connectivity index (χ1n) is 6.97. The fourth-order valence-electron chi connectivity index (χ4n) is 2.50. The van der Waals surface area contributed by atoms with Crippen LogP contribution in [-0.4, -0.2) is 22.9 Å². The van der Waals surface area contributed by atoms with E-state index in [4.69, 9.17) is 16.3 Å². The maximum Gasteiger partial charge on any atom is 0.165 e. The first-order chi connectivity index (χ1) is 9.81. The molecule has 0 bridgehead atoms. The number of nitrogens with one attached hydrogen (secondary N) is 1. The molecule has 4 nitrogen and oxygen atoms in total. The second-order valence-electron chi connectivity index (χ2n) is 5.14. The Balaban J connectivity index is 1.63. The lowest BCUT2D eigenvalue weighted by Gasteiger charge is -2.22. The number of nitrogens with zero attached hydrogens (tertiary/aromatic N) is 2. The molecule has 3 rings (SSSR count). The van der Waals surface area contributed by atoms with Gasteiger partial charge in [-0.25, -0.2) is 0 Å².